The normalized spacial score (nSPS) is 11.3. The summed E-state index contributed by atoms with van der Waals surface area (Å²) < 4.78 is 23.8. The van der Waals surface area contributed by atoms with Crippen LogP contribution in [-0.2, 0) is 19.6 Å². The first-order chi connectivity index (χ1) is 9.61. The van der Waals surface area contributed by atoms with Gasteiger partial charge in [-0.2, -0.15) is 0 Å². The summed E-state index contributed by atoms with van der Waals surface area (Å²) in [5.74, 6) is -2.10. The van der Waals surface area contributed by atoms with Crippen molar-refractivity contribution in [3.8, 4) is 0 Å². The van der Waals surface area contributed by atoms with Gasteiger partial charge in [-0.15, -0.1) is 4.83 Å². The highest BCUT2D eigenvalue weighted by molar-refractivity contribution is 7.89. The van der Waals surface area contributed by atoms with E-state index in [1.165, 1.54) is 6.07 Å². The molecular formula is C11H13Cl2N3O4S. The molecule has 0 aliphatic carbocycles. The van der Waals surface area contributed by atoms with Crippen LogP contribution < -0.4 is 15.6 Å². The van der Waals surface area contributed by atoms with Crippen molar-refractivity contribution in [3.05, 3.63) is 28.2 Å². The average Bonchev–Trinajstić information content (AvgIpc) is 2.34. The summed E-state index contributed by atoms with van der Waals surface area (Å²) in [6.07, 6.45) is 0. The Balaban J connectivity index is 2.78. The minimum absolute atomic E-state index is 0.117. The molecule has 0 aliphatic rings. The van der Waals surface area contributed by atoms with E-state index in [0.29, 0.717) is 0 Å². The van der Waals surface area contributed by atoms with Crippen LogP contribution in [0.3, 0.4) is 0 Å². The number of halogens is 2. The molecule has 10 heteroatoms. The highest BCUT2D eigenvalue weighted by Crippen LogP contribution is 2.21. The van der Waals surface area contributed by atoms with Gasteiger partial charge >= 0.3 is 11.8 Å². The molecule has 116 valence electrons. The van der Waals surface area contributed by atoms with Crippen LogP contribution >= 0.6 is 23.2 Å². The third-order valence-corrected chi connectivity index (χ3v) is 3.73. The molecule has 0 aromatic heterocycles. The lowest BCUT2D eigenvalue weighted by atomic mass is 10.4. The number of hydrogen-bond acceptors (Lipinski definition) is 4. The Morgan fingerprint density at radius 2 is 1.57 bits per heavy atom. The van der Waals surface area contributed by atoms with Crippen LogP contribution in [0.1, 0.15) is 13.8 Å². The summed E-state index contributed by atoms with van der Waals surface area (Å²) in [5.41, 5.74) is 1.79. The molecule has 1 aromatic carbocycles. The largest absolute Gasteiger partial charge is 0.346 e. The summed E-state index contributed by atoms with van der Waals surface area (Å²) in [4.78, 5) is 24.2. The van der Waals surface area contributed by atoms with Gasteiger partial charge in [0, 0.05) is 16.1 Å². The topological polar surface area (TPSA) is 104 Å². The van der Waals surface area contributed by atoms with Crippen molar-refractivity contribution >= 4 is 45.0 Å². The second-order valence-electron chi connectivity index (χ2n) is 4.29. The molecule has 1 aromatic rings. The lowest BCUT2D eigenvalue weighted by Crippen LogP contribution is -2.49. The van der Waals surface area contributed by atoms with Gasteiger partial charge in [0.2, 0.25) is 0 Å². The molecule has 21 heavy (non-hydrogen) atoms. The van der Waals surface area contributed by atoms with Gasteiger partial charge in [0.1, 0.15) is 0 Å². The number of hydrazine groups is 1. The van der Waals surface area contributed by atoms with Crippen molar-refractivity contribution in [2.45, 2.75) is 24.8 Å². The van der Waals surface area contributed by atoms with Gasteiger partial charge < -0.3 is 5.32 Å². The molecular weight excluding hydrogens is 341 g/mol. The van der Waals surface area contributed by atoms with Gasteiger partial charge in [-0.25, -0.2) is 8.42 Å². The SMILES string of the molecule is CC(C)NC(=O)C(=O)NNS(=O)(=O)c1cc(Cl)cc(Cl)c1. The molecule has 0 spiro atoms. The van der Waals surface area contributed by atoms with E-state index in [1.807, 2.05) is 0 Å². The predicted octanol–water partition coefficient (Wildman–Crippen LogP) is 0.828. The highest BCUT2D eigenvalue weighted by Gasteiger charge is 2.20. The standard InChI is InChI=1S/C11H13Cl2N3O4S/c1-6(2)14-10(17)11(18)15-16-21(19,20)9-4-7(12)3-8(13)5-9/h3-6,16H,1-2H3,(H,14,17)(H,15,18). The van der Waals surface area contributed by atoms with Crippen LogP contribution in [0, 0.1) is 0 Å². The summed E-state index contributed by atoms with van der Waals surface area (Å²) in [5, 5.41) is 2.54. The Morgan fingerprint density at radius 3 is 2.05 bits per heavy atom. The first-order valence-corrected chi connectivity index (χ1v) is 7.94. The van der Waals surface area contributed by atoms with E-state index in [4.69, 9.17) is 23.2 Å². The van der Waals surface area contributed by atoms with E-state index in [-0.39, 0.29) is 21.0 Å². The average molecular weight is 354 g/mol. The van der Waals surface area contributed by atoms with E-state index >= 15 is 0 Å². The summed E-state index contributed by atoms with van der Waals surface area (Å²) in [7, 11) is -4.09. The molecule has 0 heterocycles. The summed E-state index contributed by atoms with van der Waals surface area (Å²) in [6.45, 7) is 3.31. The van der Waals surface area contributed by atoms with Crippen molar-refractivity contribution in [2.75, 3.05) is 0 Å². The number of sulfonamides is 1. The Labute approximate surface area is 132 Å². The van der Waals surface area contributed by atoms with Gasteiger partial charge in [0.05, 0.1) is 4.90 Å². The minimum atomic E-state index is -4.09. The van der Waals surface area contributed by atoms with Gasteiger partial charge in [-0.1, -0.05) is 23.2 Å². The van der Waals surface area contributed by atoms with Crippen molar-refractivity contribution in [1.82, 2.24) is 15.6 Å². The first kappa shape index (κ1) is 17.7. The second-order valence-corrected chi connectivity index (χ2v) is 6.85. The molecule has 0 unspecified atom stereocenters. The molecule has 0 atom stereocenters. The predicted molar refractivity (Wildman–Crippen MR) is 78.2 cm³/mol. The van der Waals surface area contributed by atoms with Crippen LogP contribution in [0.2, 0.25) is 10.0 Å². The summed E-state index contributed by atoms with van der Waals surface area (Å²) in [6, 6.07) is 3.40. The Morgan fingerprint density at radius 1 is 1.05 bits per heavy atom. The van der Waals surface area contributed by atoms with Crippen LogP contribution in [0.25, 0.3) is 0 Å². The molecule has 0 radical (unpaired) electrons. The Bertz CT molecular complexity index is 641. The molecule has 3 N–H and O–H groups in total. The number of nitrogens with one attached hydrogen (secondary N) is 3. The molecule has 7 nitrogen and oxygen atoms in total. The molecule has 0 bridgehead atoms. The number of carbonyl (C=O) groups excluding carboxylic acids is 2. The van der Waals surface area contributed by atoms with E-state index in [2.05, 4.69) is 5.32 Å². The van der Waals surface area contributed by atoms with E-state index in [9.17, 15) is 18.0 Å². The number of hydrogen-bond donors (Lipinski definition) is 3. The van der Waals surface area contributed by atoms with E-state index in [1.54, 1.807) is 24.1 Å². The number of rotatable bonds is 4. The maximum Gasteiger partial charge on any atom is 0.324 e. The lowest BCUT2D eigenvalue weighted by molar-refractivity contribution is -0.139. The van der Waals surface area contributed by atoms with Crippen LogP contribution in [-0.4, -0.2) is 26.3 Å². The Kier molecular flexibility index (Phi) is 5.97. The van der Waals surface area contributed by atoms with E-state index in [0.717, 1.165) is 12.1 Å². The van der Waals surface area contributed by atoms with Crippen molar-refractivity contribution in [1.29, 1.82) is 0 Å². The molecule has 0 fully saturated rings. The smallest absolute Gasteiger partial charge is 0.324 e. The summed E-state index contributed by atoms with van der Waals surface area (Å²) >= 11 is 11.4. The lowest BCUT2D eigenvalue weighted by Gasteiger charge is -2.10. The fourth-order valence-corrected chi connectivity index (χ4v) is 2.81. The fourth-order valence-electron chi connectivity index (χ4n) is 1.24. The number of amides is 2. The molecule has 0 saturated heterocycles. The fraction of sp³-hybridized carbons (Fsp3) is 0.273. The van der Waals surface area contributed by atoms with Gasteiger partial charge in [0.25, 0.3) is 10.0 Å². The minimum Gasteiger partial charge on any atom is -0.346 e. The molecule has 0 aliphatic heterocycles. The zero-order valence-electron chi connectivity index (χ0n) is 11.1. The van der Waals surface area contributed by atoms with Crippen LogP contribution in [0.15, 0.2) is 23.1 Å². The van der Waals surface area contributed by atoms with Gasteiger partial charge in [0.15, 0.2) is 0 Å². The van der Waals surface area contributed by atoms with Crippen molar-refractivity contribution in [3.63, 3.8) is 0 Å². The van der Waals surface area contributed by atoms with Crippen LogP contribution in [0.4, 0.5) is 0 Å². The third-order valence-electron chi connectivity index (χ3n) is 2.07. The molecule has 2 amide bonds. The third kappa shape index (κ3) is 5.50. The van der Waals surface area contributed by atoms with Gasteiger partial charge in [-0.3, -0.25) is 15.0 Å². The van der Waals surface area contributed by atoms with Crippen molar-refractivity contribution in [2.24, 2.45) is 0 Å². The van der Waals surface area contributed by atoms with Crippen LogP contribution in [0.5, 0.6) is 0 Å². The van der Waals surface area contributed by atoms with Gasteiger partial charge in [-0.05, 0) is 32.0 Å². The molecule has 1 rings (SSSR count). The number of benzene rings is 1. The van der Waals surface area contributed by atoms with E-state index < -0.39 is 21.8 Å². The maximum atomic E-state index is 11.9. The second kappa shape index (κ2) is 7.08. The van der Waals surface area contributed by atoms with Crippen molar-refractivity contribution < 1.29 is 18.0 Å². The quantitative estimate of drug-likeness (QED) is 0.550. The maximum absolute atomic E-state index is 11.9. The molecule has 0 saturated carbocycles. The zero-order chi connectivity index (χ0) is 16.2. The first-order valence-electron chi connectivity index (χ1n) is 5.70. The monoisotopic (exact) mass is 353 g/mol. The zero-order valence-corrected chi connectivity index (χ0v) is 13.4. The number of carbonyl (C=O) groups is 2. The Hall–Kier alpha value is -1.35. The highest BCUT2D eigenvalue weighted by atomic mass is 35.5.